The molecule has 0 heterocycles. The van der Waals surface area contributed by atoms with E-state index >= 15 is 0 Å². The van der Waals surface area contributed by atoms with Gasteiger partial charge in [-0.2, -0.15) is 11.8 Å². The number of halogens is 1. The first-order chi connectivity index (χ1) is 9.04. The van der Waals surface area contributed by atoms with Gasteiger partial charge in [-0.05, 0) is 41.7 Å². The third-order valence-corrected chi connectivity index (χ3v) is 4.80. The molecule has 0 atom stereocenters. The molecule has 2 rings (SSSR count). The first-order valence-corrected chi connectivity index (χ1v) is 7.39. The van der Waals surface area contributed by atoms with E-state index < -0.39 is 0 Å². The highest BCUT2D eigenvalue weighted by atomic mass is 32.2. The molecule has 104 valence electrons. The quantitative estimate of drug-likeness (QED) is 0.644. The standard InChI is InChI=1S/C14H18FNO2S/c1-18-13(17)7-14(4-5-14)9-19-8-10-2-3-12(16)11(15)6-10/h2-3,6H,4-5,7-9,16H2,1H3. The minimum absolute atomic E-state index is 0.115. The van der Waals surface area contributed by atoms with Gasteiger partial charge < -0.3 is 10.5 Å². The number of esters is 1. The first kappa shape index (κ1) is 14.2. The normalized spacial score (nSPS) is 16.1. The third kappa shape index (κ3) is 3.86. The molecule has 5 heteroatoms. The Hall–Kier alpha value is -1.23. The molecule has 3 nitrogen and oxygen atoms in total. The van der Waals surface area contributed by atoms with E-state index in [1.165, 1.54) is 13.2 Å². The maximum Gasteiger partial charge on any atom is 0.306 e. The topological polar surface area (TPSA) is 52.3 Å². The van der Waals surface area contributed by atoms with E-state index in [1.807, 2.05) is 6.07 Å². The summed E-state index contributed by atoms with van der Waals surface area (Å²) in [6.07, 6.45) is 2.64. The predicted molar refractivity (Wildman–Crippen MR) is 75.3 cm³/mol. The van der Waals surface area contributed by atoms with Gasteiger partial charge in [-0.25, -0.2) is 4.39 Å². The number of carbonyl (C=O) groups excluding carboxylic acids is 1. The summed E-state index contributed by atoms with van der Waals surface area (Å²) in [7, 11) is 1.42. The summed E-state index contributed by atoms with van der Waals surface area (Å²) >= 11 is 1.73. The van der Waals surface area contributed by atoms with Crippen LogP contribution in [0.1, 0.15) is 24.8 Å². The molecule has 1 aliphatic rings. The van der Waals surface area contributed by atoms with Crippen LogP contribution in [0, 0.1) is 11.2 Å². The monoisotopic (exact) mass is 283 g/mol. The second-order valence-corrected chi connectivity index (χ2v) is 6.09. The fraction of sp³-hybridized carbons (Fsp3) is 0.500. The molecule has 1 aromatic rings. The number of ether oxygens (including phenoxy) is 1. The number of methoxy groups -OCH3 is 1. The molecule has 0 aliphatic heterocycles. The van der Waals surface area contributed by atoms with Crippen molar-refractivity contribution < 1.29 is 13.9 Å². The van der Waals surface area contributed by atoms with Crippen LogP contribution in [-0.4, -0.2) is 18.8 Å². The second kappa shape index (κ2) is 5.82. The number of carbonyl (C=O) groups is 1. The van der Waals surface area contributed by atoms with Crippen molar-refractivity contribution in [3.8, 4) is 0 Å². The Morgan fingerprint density at radius 2 is 2.26 bits per heavy atom. The van der Waals surface area contributed by atoms with Crippen LogP contribution in [0.3, 0.4) is 0 Å². The number of anilines is 1. The zero-order valence-corrected chi connectivity index (χ0v) is 11.8. The Morgan fingerprint density at radius 1 is 1.53 bits per heavy atom. The lowest BCUT2D eigenvalue weighted by Crippen LogP contribution is -2.13. The van der Waals surface area contributed by atoms with Gasteiger partial charge in [0.05, 0.1) is 19.2 Å². The summed E-state index contributed by atoms with van der Waals surface area (Å²) in [5.74, 6) is 1.14. The minimum atomic E-state index is -0.367. The van der Waals surface area contributed by atoms with Crippen LogP contribution in [0.4, 0.5) is 10.1 Å². The molecule has 1 saturated carbocycles. The Balaban J connectivity index is 1.80. The fourth-order valence-electron chi connectivity index (χ4n) is 1.97. The van der Waals surface area contributed by atoms with Gasteiger partial charge in [0, 0.05) is 5.75 Å². The Labute approximate surface area is 116 Å². The summed E-state index contributed by atoms with van der Waals surface area (Å²) in [4.78, 5) is 11.3. The van der Waals surface area contributed by atoms with E-state index in [0.717, 1.165) is 29.9 Å². The molecule has 1 aliphatic carbocycles. The largest absolute Gasteiger partial charge is 0.469 e. The molecular weight excluding hydrogens is 265 g/mol. The van der Waals surface area contributed by atoms with Crippen molar-refractivity contribution >= 4 is 23.4 Å². The average Bonchev–Trinajstić information content (AvgIpc) is 3.13. The van der Waals surface area contributed by atoms with Crippen molar-refractivity contribution in [1.29, 1.82) is 0 Å². The van der Waals surface area contributed by atoms with E-state index in [1.54, 1.807) is 17.8 Å². The molecule has 19 heavy (non-hydrogen) atoms. The molecule has 0 radical (unpaired) electrons. The number of hydrogen-bond donors (Lipinski definition) is 1. The van der Waals surface area contributed by atoms with Gasteiger partial charge in [-0.3, -0.25) is 4.79 Å². The fourth-order valence-corrected chi connectivity index (χ4v) is 3.31. The van der Waals surface area contributed by atoms with Gasteiger partial charge in [0.1, 0.15) is 5.82 Å². The van der Waals surface area contributed by atoms with Gasteiger partial charge in [0.15, 0.2) is 0 Å². The number of nitrogen functional groups attached to an aromatic ring is 1. The van der Waals surface area contributed by atoms with Crippen LogP contribution in [0.5, 0.6) is 0 Å². The summed E-state index contributed by atoms with van der Waals surface area (Å²) in [5, 5.41) is 0. The average molecular weight is 283 g/mol. The zero-order chi connectivity index (χ0) is 13.9. The molecule has 1 fully saturated rings. The van der Waals surface area contributed by atoms with Gasteiger partial charge in [0.25, 0.3) is 0 Å². The molecule has 0 saturated heterocycles. The molecular formula is C14H18FNO2S. The second-order valence-electron chi connectivity index (χ2n) is 5.10. The van der Waals surface area contributed by atoms with Crippen LogP contribution >= 0.6 is 11.8 Å². The van der Waals surface area contributed by atoms with E-state index in [9.17, 15) is 9.18 Å². The minimum Gasteiger partial charge on any atom is -0.469 e. The van der Waals surface area contributed by atoms with Gasteiger partial charge >= 0.3 is 5.97 Å². The van der Waals surface area contributed by atoms with Gasteiger partial charge in [-0.15, -0.1) is 0 Å². The highest BCUT2D eigenvalue weighted by molar-refractivity contribution is 7.98. The number of nitrogens with two attached hydrogens (primary N) is 1. The van der Waals surface area contributed by atoms with Gasteiger partial charge in [-0.1, -0.05) is 6.07 Å². The van der Waals surface area contributed by atoms with E-state index in [4.69, 9.17) is 10.5 Å². The van der Waals surface area contributed by atoms with Gasteiger partial charge in [0.2, 0.25) is 0 Å². The molecule has 0 unspecified atom stereocenters. The van der Waals surface area contributed by atoms with Crippen molar-refractivity contribution in [1.82, 2.24) is 0 Å². The smallest absolute Gasteiger partial charge is 0.306 e. The molecule has 0 spiro atoms. The molecule has 0 amide bonds. The molecule has 0 bridgehead atoms. The van der Waals surface area contributed by atoms with E-state index in [0.29, 0.717) is 6.42 Å². The third-order valence-electron chi connectivity index (χ3n) is 3.45. The maximum atomic E-state index is 13.3. The van der Waals surface area contributed by atoms with Crippen molar-refractivity contribution in [2.24, 2.45) is 5.41 Å². The lowest BCUT2D eigenvalue weighted by molar-refractivity contribution is -0.141. The van der Waals surface area contributed by atoms with E-state index in [-0.39, 0.29) is 22.9 Å². The van der Waals surface area contributed by atoms with Crippen LogP contribution in [0.15, 0.2) is 18.2 Å². The van der Waals surface area contributed by atoms with Crippen LogP contribution in [-0.2, 0) is 15.3 Å². The summed E-state index contributed by atoms with van der Waals surface area (Å²) in [6.45, 7) is 0. The maximum absolute atomic E-state index is 13.3. The number of rotatable bonds is 6. The predicted octanol–water partition coefficient (Wildman–Crippen LogP) is 2.98. The molecule has 0 aromatic heterocycles. The van der Waals surface area contributed by atoms with Crippen molar-refractivity contribution in [3.05, 3.63) is 29.6 Å². The highest BCUT2D eigenvalue weighted by Crippen LogP contribution is 2.51. The van der Waals surface area contributed by atoms with Crippen LogP contribution in [0.25, 0.3) is 0 Å². The lowest BCUT2D eigenvalue weighted by atomic mass is 10.1. The summed E-state index contributed by atoms with van der Waals surface area (Å²) in [6, 6.07) is 4.90. The van der Waals surface area contributed by atoms with Crippen LogP contribution < -0.4 is 5.73 Å². The van der Waals surface area contributed by atoms with E-state index in [2.05, 4.69) is 0 Å². The molecule has 1 aromatic carbocycles. The Kier molecular flexibility index (Phi) is 4.34. The summed E-state index contributed by atoms with van der Waals surface area (Å²) in [5.41, 5.74) is 6.65. The van der Waals surface area contributed by atoms with Crippen LogP contribution in [0.2, 0.25) is 0 Å². The number of thioether (sulfide) groups is 1. The number of benzene rings is 1. The Bertz CT molecular complexity index is 475. The van der Waals surface area contributed by atoms with Crippen molar-refractivity contribution in [2.45, 2.75) is 25.0 Å². The lowest BCUT2D eigenvalue weighted by Gasteiger charge is -2.13. The summed E-state index contributed by atoms with van der Waals surface area (Å²) < 4.78 is 18.0. The van der Waals surface area contributed by atoms with Crippen molar-refractivity contribution in [2.75, 3.05) is 18.6 Å². The zero-order valence-electron chi connectivity index (χ0n) is 10.9. The number of hydrogen-bond acceptors (Lipinski definition) is 4. The highest BCUT2D eigenvalue weighted by Gasteiger charge is 2.44. The Morgan fingerprint density at radius 3 is 2.84 bits per heavy atom. The first-order valence-electron chi connectivity index (χ1n) is 6.23. The van der Waals surface area contributed by atoms with Crippen molar-refractivity contribution in [3.63, 3.8) is 0 Å². The molecule has 2 N–H and O–H groups in total. The SMILES string of the molecule is COC(=O)CC1(CSCc2ccc(N)c(F)c2)CC1.